The molecule has 10 heteroatoms. The Kier molecular flexibility index (Phi) is 6.82. The van der Waals surface area contributed by atoms with Crippen LogP contribution in [-0.2, 0) is 10.0 Å². The van der Waals surface area contributed by atoms with Crippen molar-refractivity contribution >= 4 is 33.1 Å². The highest BCUT2D eigenvalue weighted by molar-refractivity contribution is 7.92. The molecule has 2 heterocycles. The number of hydrogen-bond donors (Lipinski definition) is 3. The first kappa shape index (κ1) is 24.8. The molecule has 3 fully saturated rings. The second kappa shape index (κ2) is 9.89. The molecule has 3 aliphatic rings. The number of benzene rings is 1. The number of nitrogens with zero attached hydrogens (tertiary/aromatic N) is 2. The van der Waals surface area contributed by atoms with E-state index in [4.69, 9.17) is 9.84 Å². The molecule has 1 saturated heterocycles. The van der Waals surface area contributed by atoms with E-state index < -0.39 is 16.6 Å². The highest BCUT2D eigenvalue weighted by Gasteiger charge is 2.44. The van der Waals surface area contributed by atoms with Crippen LogP contribution in [0.3, 0.4) is 0 Å². The number of carbonyl (C=O) groups excluding carboxylic acids is 1. The Hall–Kier alpha value is -2.85. The van der Waals surface area contributed by atoms with Gasteiger partial charge in [-0.1, -0.05) is 6.07 Å². The number of amides is 1. The molecule has 2 saturated carbocycles. The number of nitrogens with one attached hydrogen (secondary N) is 2. The van der Waals surface area contributed by atoms with Crippen LogP contribution in [0.2, 0.25) is 0 Å². The van der Waals surface area contributed by atoms with Crippen molar-refractivity contribution in [2.24, 2.45) is 11.3 Å². The first-order chi connectivity index (χ1) is 17.3. The fourth-order valence-corrected chi connectivity index (χ4v) is 5.71. The van der Waals surface area contributed by atoms with Crippen LogP contribution >= 0.6 is 0 Å². The molecule has 1 amide bonds. The monoisotopic (exact) mass is 514 g/mol. The Morgan fingerprint density at radius 1 is 1.19 bits per heavy atom. The molecule has 1 aromatic carbocycles. The van der Waals surface area contributed by atoms with Gasteiger partial charge < -0.3 is 20.1 Å². The Labute approximate surface area is 212 Å². The van der Waals surface area contributed by atoms with E-state index in [1.807, 2.05) is 6.92 Å². The molecule has 1 aliphatic heterocycles. The molecule has 3 N–H and O–H groups in total. The van der Waals surface area contributed by atoms with Crippen LogP contribution < -0.4 is 19.7 Å². The number of aliphatic hydroxyl groups is 1. The maximum atomic E-state index is 13.4. The van der Waals surface area contributed by atoms with Crippen LogP contribution in [0.25, 0.3) is 0 Å². The zero-order valence-corrected chi connectivity index (χ0v) is 21.4. The summed E-state index contributed by atoms with van der Waals surface area (Å²) in [4.78, 5) is 20.0. The molecule has 1 spiro atoms. The number of sulfonamides is 1. The molecule has 5 rings (SSSR count). The second-order valence-electron chi connectivity index (χ2n) is 10.3. The van der Waals surface area contributed by atoms with Crippen molar-refractivity contribution in [2.75, 3.05) is 40.4 Å². The summed E-state index contributed by atoms with van der Waals surface area (Å²) in [5.74, 6) is 0.739. The van der Waals surface area contributed by atoms with Gasteiger partial charge >= 0.3 is 0 Å². The normalized spacial score (nSPS) is 19.6. The first-order valence-corrected chi connectivity index (χ1v) is 14.4. The lowest BCUT2D eigenvalue weighted by atomic mass is 9.93. The third-order valence-electron chi connectivity index (χ3n) is 7.56. The highest BCUT2D eigenvalue weighted by Crippen LogP contribution is 2.54. The van der Waals surface area contributed by atoms with Crippen LogP contribution in [0.1, 0.15) is 55.8 Å². The lowest BCUT2D eigenvalue weighted by molar-refractivity contribution is 0.102. The Morgan fingerprint density at radius 3 is 2.61 bits per heavy atom. The maximum absolute atomic E-state index is 13.4. The molecule has 9 nitrogen and oxygen atoms in total. The zero-order valence-electron chi connectivity index (χ0n) is 20.6. The topological polar surface area (TPSA) is 121 Å². The van der Waals surface area contributed by atoms with Crippen LogP contribution in [0.15, 0.2) is 36.4 Å². The van der Waals surface area contributed by atoms with Crippen LogP contribution in [0.4, 0.5) is 17.2 Å². The van der Waals surface area contributed by atoms with Gasteiger partial charge in [0.2, 0.25) is 15.9 Å². The number of ether oxygens (including phenoxy) is 1. The fraction of sp³-hybridized carbons (Fsp3) is 0.538. The maximum Gasteiger partial charge on any atom is 0.258 e. The minimum atomic E-state index is -3.68. The lowest BCUT2D eigenvalue weighted by Crippen LogP contribution is -2.35. The van der Waals surface area contributed by atoms with Crippen molar-refractivity contribution in [3.05, 3.63) is 42.0 Å². The molecule has 2 aromatic rings. The van der Waals surface area contributed by atoms with E-state index in [1.54, 1.807) is 36.4 Å². The van der Waals surface area contributed by atoms with E-state index in [0.29, 0.717) is 40.0 Å². The minimum Gasteiger partial charge on any atom is -0.474 e. The summed E-state index contributed by atoms with van der Waals surface area (Å²) in [5.41, 5.74) is 1.96. The van der Waals surface area contributed by atoms with Gasteiger partial charge in [-0.3, -0.25) is 9.52 Å². The van der Waals surface area contributed by atoms with Crippen molar-refractivity contribution < 1.29 is 23.1 Å². The largest absolute Gasteiger partial charge is 0.474 e. The smallest absolute Gasteiger partial charge is 0.258 e. The van der Waals surface area contributed by atoms with E-state index >= 15 is 0 Å². The number of hydrogen-bond acceptors (Lipinski definition) is 7. The van der Waals surface area contributed by atoms with Crippen molar-refractivity contribution in [1.29, 1.82) is 0 Å². The van der Waals surface area contributed by atoms with Gasteiger partial charge in [-0.2, -0.15) is 4.98 Å². The zero-order chi connectivity index (χ0) is 25.3. The molecular weight excluding hydrogens is 480 g/mol. The molecule has 0 bridgehead atoms. The summed E-state index contributed by atoms with van der Waals surface area (Å²) in [6.07, 6.45) is 7.08. The van der Waals surface area contributed by atoms with E-state index in [2.05, 4.69) is 19.9 Å². The second-order valence-corrected chi connectivity index (χ2v) is 12.2. The minimum absolute atomic E-state index is 0.0890. The van der Waals surface area contributed by atoms with Gasteiger partial charge in [0.1, 0.15) is 11.9 Å². The molecule has 194 valence electrons. The highest BCUT2D eigenvalue weighted by atomic mass is 32.2. The number of piperidine rings is 1. The number of carbonyl (C=O) groups is 1. The molecular formula is C26H34N4O5S. The summed E-state index contributed by atoms with van der Waals surface area (Å²) in [6, 6.07) is 10.2. The Bertz CT molecular complexity index is 1220. The standard InChI is InChI=1S/C26H34N4O5S/c1-18(19-5-6-19)35-24-4-2-3-23(27-24)28-25(32)21-8-7-20(29-36(33,34)16-15-31)17-22(21)30-13-11-26(9-10-26)12-14-30/h2-4,7-8,17-19,29,31H,5-6,9-16H2,1H3,(H,27,28,32). The van der Waals surface area contributed by atoms with Crippen LogP contribution in [0, 0.1) is 11.3 Å². The number of rotatable bonds is 10. The van der Waals surface area contributed by atoms with Crippen molar-refractivity contribution in [2.45, 2.75) is 51.6 Å². The van der Waals surface area contributed by atoms with Gasteiger partial charge in [0.15, 0.2) is 0 Å². The van der Waals surface area contributed by atoms with E-state index in [-0.39, 0.29) is 17.8 Å². The quantitative estimate of drug-likeness (QED) is 0.443. The third kappa shape index (κ3) is 5.92. The SMILES string of the molecule is CC(Oc1cccc(NC(=O)c2ccc(NS(=O)(=O)CCO)cc2N2CCC3(CC2)CC3)n1)C1CC1. The van der Waals surface area contributed by atoms with Crippen LogP contribution in [0.5, 0.6) is 5.88 Å². The summed E-state index contributed by atoms with van der Waals surface area (Å²) >= 11 is 0. The first-order valence-electron chi connectivity index (χ1n) is 12.7. The van der Waals surface area contributed by atoms with E-state index in [9.17, 15) is 13.2 Å². The predicted molar refractivity (Wildman–Crippen MR) is 139 cm³/mol. The molecule has 36 heavy (non-hydrogen) atoms. The van der Waals surface area contributed by atoms with Gasteiger partial charge in [0.25, 0.3) is 5.91 Å². The van der Waals surface area contributed by atoms with Crippen molar-refractivity contribution in [3.8, 4) is 5.88 Å². The number of aromatic nitrogens is 1. The van der Waals surface area contributed by atoms with Crippen molar-refractivity contribution in [3.63, 3.8) is 0 Å². The van der Waals surface area contributed by atoms with Gasteiger partial charge in [-0.15, -0.1) is 0 Å². The summed E-state index contributed by atoms with van der Waals surface area (Å²) in [6.45, 7) is 3.20. The number of pyridine rings is 1. The summed E-state index contributed by atoms with van der Waals surface area (Å²) in [5, 5.41) is 11.9. The molecule has 1 unspecified atom stereocenters. The number of anilines is 3. The third-order valence-corrected chi connectivity index (χ3v) is 8.82. The van der Waals surface area contributed by atoms with Crippen molar-refractivity contribution in [1.82, 2.24) is 4.98 Å². The molecule has 0 radical (unpaired) electrons. The molecule has 2 aliphatic carbocycles. The van der Waals surface area contributed by atoms with Crippen LogP contribution in [-0.4, -0.2) is 56.0 Å². The molecule has 1 atom stereocenters. The lowest BCUT2D eigenvalue weighted by Gasteiger charge is -2.35. The van der Waals surface area contributed by atoms with Gasteiger partial charge in [0, 0.05) is 19.2 Å². The predicted octanol–water partition coefficient (Wildman–Crippen LogP) is 3.63. The average molecular weight is 515 g/mol. The Morgan fingerprint density at radius 2 is 1.94 bits per heavy atom. The fourth-order valence-electron chi connectivity index (χ4n) is 4.88. The summed E-state index contributed by atoms with van der Waals surface area (Å²) < 4.78 is 32.9. The van der Waals surface area contributed by atoms with Gasteiger partial charge in [0.05, 0.1) is 29.3 Å². The van der Waals surface area contributed by atoms with E-state index in [1.165, 1.54) is 25.7 Å². The Balaban J connectivity index is 1.36. The van der Waals surface area contributed by atoms with E-state index in [0.717, 1.165) is 25.9 Å². The number of aliphatic hydroxyl groups excluding tert-OH is 1. The van der Waals surface area contributed by atoms with Gasteiger partial charge in [-0.05, 0) is 81.0 Å². The molecule has 1 aromatic heterocycles. The summed E-state index contributed by atoms with van der Waals surface area (Å²) in [7, 11) is -3.68. The average Bonchev–Trinajstić information content (AvgIpc) is 3.76. The van der Waals surface area contributed by atoms with Gasteiger partial charge in [-0.25, -0.2) is 8.42 Å².